The molecule has 0 aliphatic heterocycles. The Balaban J connectivity index is 2.03. The van der Waals surface area contributed by atoms with Gasteiger partial charge in [-0.25, -0.2) is 17.7 Å². The van der Waals surface area contributed by atoms with Gasteiger partial charge in [-0.2, -0.15) is 0 Å². The van der Waals surface area contributed by atoms with Crippen LogP contribution in [0.2, 0.25) is 0 Å². The summed E-state index contributed by atoms with van der Waals surface area (Å²) in [4.78, 5) is 4.29. The van der Waals surface area contributed by atoms with E-state index in [1.807, 2.05) is 5.38 Å². The fourth-order valence-electron chi connectivity index (χ4n) is 1.81. The van der Waals surface area contributed by atoms with Crippen LogP contribution in [0.4, 0.5) is 0 Å². The van der Waals surface area contributed by atoms with E-state index in [9.17, 15) is 8.42 Å². The average Bonchev–Trinajstić information content (AvgIpc) is 3.10. The summed E-state index contributed by atoms with van der Waals surface area (Å²) in [6.45, 7) is 2.53. The Bertz CT molecular complexity index is 663. The first-order chi connectivity index (χ1) is 9.95. The van der Waals surface area contributed by atoms with Gasteiger partial charge < -0.3 is 9.73 Å². The van der Waals surface area contributed by atoms with Crippen LogP contribution < -0.4 is 5.32 Å². The Labute approximate surface area is 128 Å². The van der Waals surface area contributed by atoms with Crippen LogP contribution in [0.1, 0.15) is 30.2 Å². The molecule has 1 atom stereocenters. The third kappa shape index (κ3) is 3.70. The van der Waals surface area contributed by atoms with Crippen molar-refractivity contribution in [3.8, 4) is 0 Å². The molecule has 0 aliphatic rings. The molecule has 116 valence electrons. The number of furan rings is 1. The van der Waals surface area contributed by atoms with Gasteiger partial charge in [0.15, 0.2) is 0 Å². The van der Waals surface area contributed by atoms with Crippen LogP contribution in [0.15, 0.2) is 33.2 Å². The molecule has 2 rings (SSSR count). The van der Waals surface area contributed by atoms with E-state index >= 15 is 0 Å². The van der Waals surface area contributed by atoms with E-state index in [0.29, 0.717) is 12.3 Å². The minimum Gasteiger partial charge on any atom is -0.447 e. The first kappa shape index (κ1) is 16.2. The van der Waals surface area contributed by atoms with Gasteiger partial charge in [0.2, 0.25) is 5.09 Å². The molecule has 0 radical (unpaired) electrons. The minimum absolute atomic E-state index is 0.0356. The lowest BCUT2D eigenvalue weighted by molar-refractivity contribution is 0.377. The molecular formula is C13H19N3O3S2. The molecule has 2 aromatic heterocycles. The topological polar surface area (TPSA) is 75.4 Å². The molecule has 0 fully saturated rings. The van der Waals surface area contributed by atoms with Crippen molar-refractivity contribution >= 4 is 21.4 Å². The summed E-state index contributed by atoms with van der Waals surface area (Å²) in [5.74, 6) is 0.588. The van der Waals surface area contributed by atoms with Crippen molar-refractivity contribution in [2.45, 2.75) is 31.0 Å². The Morgan fingerprint density at radius 1 is 1.43 bits per heavy atom. The number of thiazole rings is 1. The average molecular weight is 329 g/mol. The number of aromatic nitrogens is 1. The van der Waals surface area contributed by atoms with Gasteiger partial charge in [0.25, 0.3) is 10.0 Å². The smallest absolute Gasteiger partial charge is 0.275 e. The first-order valence-electron chi connectivity index (χ1n) is 6.59. The van der Waals surface area contributed by atoms with Crippen molar-refractivity contribution in [1.82, 2.24) is 14.6 Å². The predicted octanol–water partition coefficient (Wildman–Crippen LogP) is 2.23. The van der Waals surface area contributed by atoms with Gasteiger partial charge in [-0.05, 0) is 18.6 Å². The van der Waals surface area contributed by atoms with Crippen molar-refractivity contribution in [3.63, 3.8) is 0 Å². The SMILES string of the molecule is CCC(NCc1ccc(S(=O)(=O)N(C)C)o1)c1nccs1. The van der Waals surface area contributed by atoms with E-state index in [1.165, 1.54) is 20.2 Å². The van der Waals surface area contributed by atoms with E-state index in [-0.39, 0.29) is 11.1 Å². The summed E-state index contributed by atoms with van der Waals surface area (Å²) < 4.78 is 30.4. The highest BCUT2D eigenvalue weighted by atomic mass is 32.2. The second kappa shape index (κ2) is 6.69. The fraction of sp³-hybridized carbons (Fsp3) is 0.462. The molecule has 0 aromatic carbocycles. The van der Waals surface area contributed by atoms with Gasteiger partial charge >= 0.3 is 0 Å². The van der Waals surface area contributed by atoms with E-state index in [1.54, 1.807) is 23.6 Å². The lowest BCUT2D eigenvalue weighted by Gasteiger charge is -2.13. The minimum atomic E-state index is -3.51. The first-order valence-corrected chi connectivity index (χ1v) is 8.91. The highest BCUT2D eigenvalue weighted by Gasteiger charge is 2.21. The molecule has 1 N–H and O–H groups in total. The summed E-state index contributed by atoms with van der Waals surface area (Å²) in [6.07, 6.45) is 2.68. The van der Waals surface area contributed by atoms with Crippen LogP contribution in [0.25, 0.3) is 0 Å². The van der Waals surface area contributed by atoms with Crippen molar-refractivity contribution in [2.75, 3.05) is 14.1 Å². The van der Waals surface area contributed by atoms with Gasteiger partial charge in [-0.1, -0.05) is 6.92 Å². The maximum atomic E-state index is 11.9. The van der Waals surface area contributed by atoms with Gasteiger partial charge in [0.05, 0.1) is 12.6 Å². The summed E-state index contributed by atoms with van der Waals surface area (Å²) in [7, 11) is -0.560. The monoisotopic (exact) mass is 329 g/mol. The molecule has 1 unspecified atom stereocenters. The number of nitrogens with one attached hydrogen (secondary N) is 1. The third-order valence-electron chi connectivity index (χ3n) is 3.05. The zero-order chi connectivity index (χ0) is 15.5. The lowest BCUT2D eigenvalue weighted by Crippen LogP contribution is -2.22. The molecule has 2 heterocycles. The second-order valence-electron chi connectivity index (χ2n) is 4.72. The maximum Gasteiger partial charge on any atom is 0.275 e. The van der Waals surface area contributed by atoms with Crippen LogP contribution in [0, 0.1) is 0 Å². The van der Waals surface area contributed by atoms with Crippen LogP contribution in [-0.2, 0) is 16.6 Å². The summed E-state index contributed by atoms with van der Waals surface area (Å²) >= 11 is 1.60. The van der Waals surface area contributed by atoms with Crippen LogP contribution in [-0.4, -0.2) is 31.8 Å². The molecule has 0 amide bonds. The highest BCUT2D eigenvalue weighted by molar-refractivity contribution is 7.88. The zero-order valence-corrected chi connectivity index (χ0v) is 13.9. The molecule has 8 heteroatoms. The molecule has 0 saturated heterocycles. The van der Waals surface area contributed by atoms with Crippen molar-refractivity contribution in [3.05, 3.63) is 34.5 Å². The predicted molar refractivity (Wildman–Crippen MR) is 81.6 cm³/mol. The number of sulfonamides is 1. The summed E-state index contributed by atoms with van der Waals surface area (Å²) in [5, 5.41) is 6.25. The molecule has 6 nitrogen and oxygen atoms in total. The van der Waals surface area contributed by atoms with Crippen molar-refractivity contribution in [1.29, 1.82) is 0 Å². The Morgan fingerprint density at radius 3 is 2.76 bits per heavy atom. The fourth-order valence-corrected chi connectivity index (χ4v) is 3.42. The standard InChI is InChI=1S/C13H19N3O3S2/c1-4-11(13-14-7-8-20-13)15-9-10-5-6-12(19-10)21(17,18)16(2)3/h5-8,11,15H,4,9H2,1-3H3. The largest absolute Gasteiger partial charge is 0.447 e. The van der Waals surface area contributed by atoms with Gasteiger partial charge in [0, 0.05) is 25.7 Å². The van der Waals surface area contributed by atoms with Gasteiger partial charge in [0.1, 0.15) is 10.8 Å². The molecule has 0 spiro atoms. The van der Waals surface area contributed by atoms with Crippen molar-refractivity contribution in [2.24, 2.45) is 0 Å². The lowest BCUT2D eigenvalue weighted by atomic mass is 10.2. The van der Waals surface area contributed by atoms with Crippen LogP contribution >= 0.6 is 11.3 Å². The number of hydrogen-bond acceptors (Lipinski definition) is 6. The maximum absolute atomic E-state index is 11.9. The molecule has 21 heavy (non-hydrogen) atoms. The van der Waals surface area contributed by atoms with Gasteiger partial charge in [-0.3, -0.25) is 0 Å². The summed E-state index contributed by atoms with van der Waals surface area (Å²) in [5.41, 5.74) is 0. The highest BCUT2D eigenvalue weighted by Crippen LogP contribution is 2.21. The Kier molecular flexibility index (Phi) is 5.15. The van der Waals surface area contributed by atoms with Crippen LogP contribution in [0.5, 0.6) is 0 Å². The van der Waals surface area contributed by atoms with E-state index in [0.717, 1.165) is 15.7 Å². The Hall–Kier alpha value is -1.22. The molecular weight excluding hydrogens is 310 g/mol. The number of nitrogens with zero attached hydrogens (tertiary/aromatic N) is 2. The summed E-state index contributed by atoms with van der Waals surface area (Å²) in [6, 6.07) is 3.30. The number of rotatable bonds is 7. The van der Waals surface area contributed by atoms with Crippen molar-refractivity contribution < 1.29 is 12.8 Å². The third-order valence-corrected chi connectivity index (χ3v) is 5.63. The van der Waals surface area contributed by atoms with E-state index < -0.39 is 10.0 Å². The quantitative estimate of drug-likeness (QED) is 0.843. The number of hydrogen-bond donors (Lipinski definition) is 1. The molecule has 2 aromatic rings. The molecule has 0 aliphatic carbocycles. The zero-order valence-electron chi connectivity index (χ0n) is 12.2. The molecule has 0 bridgehead atoms. The normalized spacial score (nSPS) is 13.7. The van der Waals surface area contributed by atoms with E-state index in [2.05, 4.69) is 17.2 Å². The Morgan fingerprint density at radius 2 is 2.19 bits per heavy atom. The van der Waals surface area contributed by atoms with Crippen LogP contribution in [0.3, 0.4) is 0 Å². The van der Waals surface area contributed by atoms with E-state index in [4.69, 9.17) is 4.42 Å². The second-order valence-corrected chi connectivity index (χ2v) is 7.73. The molecule has 0 saturated carbocycles. The van der Waals surface area contributed by atoms with Gasteiger partial charge in [-0.15, -0.1) is 11.3 Å².